The number of para-hydroxylation sites is 1. The minimum absolute atomic E-state index is 0.0996. The lowest BCUT2D eigenvalue weighted by atomic mass is 10.1. The Bertz CT molecular complexity index is 960. The standard InChI is InChI=1S/C19H19N3O4S/c1-27-11-13-6-7-16(26-13)18-20-17(12-8-9-25-10-12)21-22(18)15-5-3-2-4-14(15)19(23)24/h2-7,12H,8-11H2,1H3,(H,23,24). The molecule has 1 aliphatic rings. The van der Waals surface area contributed by atoms with Gasteiger partial charge in [-0.3, -0.25) is 0 Å². The van der Waals surface area contributed by atoms with Crippen LogP contribution in [0.4, 0.5) is 0 Å². The van der Waals surface area contributed by atoms with Gasteiger partial charge in [-0.15, -0.1) is 0 Å². The number of ether oxygens (including phenoxy) is 1. The van der Waals surface area contributed by atoms with E-state index < -0.39 is 5.97 Å². The second kappa shape index (κ2) is 7.58. The first-order valence-electron chi connectivity index (χ1n) is 8.63. The normalized spacial score (nSPS) is 16.7. The van der Waals surface area contributed by atoms with Crippen LogP contribution in [-0.4, -0.2) is 45.3 Å². The SMILES string of the molecule is CSCc1ccc(-c2nc(C3CCOC3)nn2-c2ccccc2C(=O)O)o1. The Kier molecular flexibility index (Phi) is 5.00. The van der Waals surface area contributed by atoms with Gasteiger partial charge in [-0.25, -0.2) is 14.5 Å². The highest BCUT2D eigenvalue weighted by Crippen LogP contribution is 2.30. The van der Waals surface area contributed by atoms with Gasteiger partial charge < -0.3 is 14.3 Å². The van der Waals surface area contributed by atoms with Crippen LogP contribution < -0.4 is 0 Å². The monoisotopic (exact) mass is 385 g/mol. The van der Waals surface area contributed by atoms with Gasteiger partial charge in [-0.05, 0) is 36.9 Å². The van der Waals surface area contributed by atoms with Crippen LogP contribution in [0.25, 0.3) is 17.3 Å². The Labute approximate surface area is 160 Å². The maximum atomic E-state index is 11.7. The van der Waals surface area contributed by atoms with Gasteiger partial charge in [0.2, 0.25) is 0 Å². The summed E-state index contributed by atoms with van der Waals surface area (Å²) in [5.41, 5.74) is 0.620. The summed E-state index contributed by atoms with van der Waals surface area (Å²) in [4.78, 5) is 16.4. The lowest BCUT2D eigenvalue weighted by Crippen LogP contribution is -2.08. The van der Waals surface area contributed by atoms with Gasteiger partial charge >= 0.3 is 5.97 Å². The fraction of sp³-hybridized carbons (Fsp3) is 0.316. The van der Waals surface area contributed by atoms with Crippen molar-refractivity contribution in [3.05, 3.63) is 53.5 Å². The maximum absolute atomic E-state index is 11.7. The van der Waals surface area contributed by atoms with Gasteiger partial charge in [0, 0.05) is 12.5 Å². The molecule has 7 nitrogen and oxygen atoms in total. The summed E-state index contributed by atoms with van der Waals surface area (Å²) in [6.07, 6.45) is 2.85. The highest BCUT2D eigenvalue weighted by Gasteiger charge is 2.27. The van der Waals surface area contributed by atoms with Crippen LogP contribution in [0.1, 0.15) is 34.3 Å². The molecule has 1 aliphatic heterocycles. The molecule has 27 heavy (non-hydrogen) atoms. The molecule has 1 aromatic carbocycles. The summed E-state index contributed by atoms with van der Waals surface area (Å²) in [5.74, 6) is 2.39. The van der Waals surface area contributed by atoms with Crippen molar-refractivity contribution in [2.45, 2.75) is 18.1 Å². The largest absolute Gasteiger partial charge is 0.478 e. The van der Waals surface area contributed by atoms with Crippen LogP contribution in [0.15, 0.2) is 40.8 Å². The summed E-state index contributed by atoms with van der Waals surface area (Å²) in [6, 6.07) is 10.5. The number of hydrogen-bond donors (Lipinski definition) is 1. The number of carbonyl (C=O) groups is 1. The van der Waals surface area contributed by atoms with E-state index in [9.17, 15) is 9.90 Å². The van der Waals surface area contributed by atoms with E-state index >= 15 is 0 Å². The Morgan fingerprint density at radius 3 is 2.93 bits per heavy atom. The van der Waals surface area contributed by atoms with Crippen LogP contribution in [0.2, 0.25) is 0 Å². The Morgan fingerprint density at radius 1 is 1.33 bits per heavy atom. The van der Waals surface area contributed by atoms with Crippen molar-refractivity contribution in [3.63, 3.8) is 0 Å². The van der Waals surface area contributed by atoms with Crippen LogP contribution in [0.3, 0.4) is 0 Å². The van der Waals surface area contributed by atoms with Crippen molar-refractivity contribution in [2.24, 2.45) is 0 Å². The molecule has 1 atom stereocenters. The lowest BCUT2D eigenvalue weighted by Gasteiger charge is -2.07. The number of rotatable bonds is 6. The average Bonchev–Trinajstić information content (AvgIpc) is 3.41. The van der Waals surface area contributed by atoms with E-state index in [-0.39, 0.29) is 11.5 Å². The molecule has 3 aromatic rings. The number of carboxylic acids is 1. The summed E-state index contributed by atoms with van der Waals surface area (Å²) >= 11 is 1.66. The Hall–Kier alpha value is -2.58. The minimum atomic E-state index is -1.01. The van der Waals surface area contributed by atoms with E-state index in [0.29, 0.717) is 36.3 Å². The van der Waals surface area contributed by atoms with E-state index in [2.05, 4.69) is 5.10 Å². The third-order valence-electron chi connectivity index (χ3n) is 4.45. The van der Waals surface area contributed by atoms with Crippen molar-refractivity contribution < 1.29 is 19.1 Å². The van der Waals surface area contributed by atoms with E-state index in [1.54, 1.807) is 40.7 Å². The van der Waals surface area contributed by atoms with Crippen LogP contribution in [-0.2, 0) is 10.5 Å². The zero-order valence-corrected chi connectivity index (χ0v) is 15.6. The van der Waals surface area contributed by atoms with E-state index in [1.165, 1.54) is 0 Å². The fourth-order valence-electron chi connectivity index (χ4n) is 3.12. The predicted octanol–water partition coefficient (Wildman–Crippen LogP) is 3.59. The number of benzene rings is 1. The van der Waals surface area contributed by atoms with Crippen molar-refractivity contribution in [2.75, 3.05) is 19.5 Å². The van der Waals surface area contributed by atoms with Crippen molar-refractivity contribution in [1.82, 2.24) is 14.8 Å². The van der Waals surface area contributed by atoms with Crippen LogP contribution in [0, 0.1) is 0 Å². The number of thioether (sulfide) groups is 1. The van der Waals surface area contributed by atoms with E-state index in [4.69, 9.17) is 14.1 Å². The van der Waals surface area contributed by atoms with Gasteiger partial charge in [0.1, 0.15) is 5.76 Å². The van der Waals surface area contributed by atoms with Crippen LogP contribution >= 0.6 is 11.8 Å². The van der Waals surface area contributed by atoms with Gasteiger partial charge in [0.05, 0.1) is 23.6 Å². The molecule has 1 unspecified atom stereocenters. The van der Waals surface area contributed by atoms with E-state index in [1.807, 2.05) is 18.4 Å². The molecule has 1 fully saturated rings. The Balaban J connectivity index is 1.85. The highest BCUT2D eigenvalue weighted by molar-refractivity contribution is 7.97. The third-order valence-corrected chi connectivity index (χ3v) is 5.02. The number of aromatic nitrogens is 3. The average molecular weight is 385 g/mol. The van der Waals surface area contributed by atoms with Gasteiger partial charge in [0.15, 0.2) is 17.4 Å². The molecule has 0 amide bonds. The molecular weight excluding hydrogens is 366 g/mol. The third kappa shape index (κ3) is 3.50. The van der Waals surface area contributed by atoms with Gasteiger partial charge in [0.25, 0.3) is 0 Å². The number of furan rings is 1. The second-order valence-corrected chi connectivity index (χ2v) is 7.15. The van der Waals surface area contributed by atoms with Gasteiger partial charge in [-0.1, -0.05) is 12.1 Å². The van der Waals surface area contributed by atoms with E-state index in [0.717, 1.165) is 17.9 Å². The summed E-state index contributed by atoms with van der Waals surface area (Å²) in [6.45, 7) is 1.25. The summed E-state index contributed by atoms with van der Waals surface area (Å²) in [7, 11) is 0. The molecule has 1 saturated heterocycles. The smallest absolute Gasteiger partial charge is 0.337 e. The van der Waals surface area contributed by atoms with Crippen LogP contribution in [0.5, 0.6) is 0 Å². The quantitative estimate of drug-likeness (QED) is 0.693. The molecule has 0 aliphatic carbocycles. The first-order valence-corrected chi connectivity index (χ1v) is 10.0. The lowest BCUT2D eigenvalue weighted by molar-refractivity contribution is 0.0696. The molecule has 1 N–H and O–H groups in total. The predicted molar refractivity (Wildman–Crippen MR) is 101 cm³/mol. The van der Waals surface area contributed by atoms with Crippen molar-refractivity contribution in [3.8, 4) is 17.3 Å². The number of hydrogen-bond acceptors (Lipinski definition) is 6. The van der Waals surface area contributed by atoms with Crippen molar-refractivity contribution in [1.29, 1.82) is 0 Å². The first-order chi connectivity index (χ1) is 13.2. The summed E-state index contributed by atoms with van der Waals surface area (Å²) < 4.78 is 13.0. The number of aromatic carboxylic acids is 1. The second-order valence-electron chi connectivity index (χ2n) is 6.29. The first kappa shape index (κ1) is 17.8. The highest BCUT2D eigenvalue weighted by atomic mass is 32.2. The topological polar surface area (TPSA) is 90.4 Å². The fourth-order valence-corrected chi connectivity index (χ4v) is 3.56. The number of nitrogens with zero attached hydrogens (tertiary/aromatic N) is 3. The molecule has 0 saturated carbocycles. The molecule has 0 bridgehead atoms. The zero-order valence-electron chi connectivity index (χ0n) is 14.8. The molecule has 8 heteroatoms. The summed E-state index contributed by atoms with van der Waals surface area (Å²) in [5, 5.41) is 14.2. The molecule has 0 spiro atoms. The van der Waals surface area contributed by atoms with Crippen molar-refractivity contribution >= 4 is 17.7 Å². The Morgan fingerprint density at radius 2 is 2.19 bits per heavy atom. The molecule has 4 rings (SSSR count). The molecule has 2 aromatic heterocycles. The van der Waals surface area contributed by atoms with Gasteiger partial charge in [-0.2, -0.15) is 16.9 Å². The molecule has 3 heterocycles. The maximum Gasteiger partial charge on any atom is 0.337 e. The molecule has 140 valence electrons. The minimum Gasteiger partial charge on any atom is -0.478 e. The number of carboxylic acid groups (broad SMARTS) is 1. The molecular formula is C19H19N3O4S. The molecule has 0 radical (unpaired) electrons. The zero-order chi connectivity index (χ0) is 18.8.